The Hall–Kier alpha value is -0.260. The van der Waals surface area contributed by atoms with E-state index in [2.05, 4.69) is 41.5 Å². The van der Waals surface area contributed by atoms with E-state index in [0.717, 1.165) is 11.8 Å². The van der Waals surface area contributed by atoms with Gasteiger partial charge in [0, 0.05) is 0 Å². The van der Waals surface area contributed by atoms with Crippen LogP contribution < -0.4 is 0 Å². The van der Waals surface area contributed by atoms with E-state index in [0.29, 0.717) is 0 Å². The Morgan fingerprint density at radius 3 is 2.00 bits per heavy atom. The van der Waals surface area contributed by atoms with Gasteiger partial charge in [0.25, 0.3) is 0 Å². The van der Waals surface area contributed by atoms with Crippen molar-refractivity contribution in [1.82, 2.24) is 0 Å². The van der Waals surface area contributed by atoms with Gasteiger partial charge in [-0.25, -0.2) is 0 Å². The van der Waals surface area contributed by atoms with E-state index < -0.39 is 0 Å². The number of allylic oxidation sites excluding steroid dienone is 2. The Kier molecular flexibility index (Phi) is 7.82. The molecule has 0 saturated heterocycles. The maximum atomic E-state index is 2.39. The second-order valence-corrected chi connectivity index (χ2v) is 5.27. The molecule has 0 aliphatic heterocycles. The summed E-state index contributed by atoms with van der Waals surface area (Å²) in [7, 11) is 0. The van der Waals surface area contributed by atoms with Gasteiger partial charge < -0.3 is 0 Å². The van der Waals surface area contributed by atoms with Crippen molar-refractivity contribution in [3.8, 4) is 0 Å². The summed E-state index contributed by atoms with van der Waals surface area (Å²) in [5, 5.41) is 0. The van der Waals surface area contributed by atoms with Crippen LogP contribution >= 0.6 is 0 Å². The van der Waals surface area contributed by atoms with Crippen LogP contribution in [0.4, 0.5) is 0 Å². The van der Waals surface area contributed by atoms with Crippen molar-refractivity contribution in [2.45, 2.75) is 73.6 Å². The van der Waals surface area contributed by atoms with Crippen molar-refractivity contribution in [1.29, 1.82) is 0 Å². The minimum absolute atomic E-state index is 0.781. The van der Waals surface area contributed by atoms with Crippen LogP contribution in [0.15, 0.2) is 11.1 Å². The summed E-state index contributed by atoms with van der Waals surface area (Å²) < 4.78 is 0. The molecule has 0 fully saturated rings. The van der Waals surface area contributed by atoms with Crippen LogP contribution in [0.1, 0.15) is 73.6 Å². The van der Waals surface area contributed by atoms with E-state index in [1.807, 2.05) is 0 Å². The molecular formula is C15H30. The molecular weight excluding hydrogens is 180 g/mol. The lowest BCUT2D eigenvalue weighted by atomic mass is 9.88. The molecule has 0 heteroatoms. The SMILES string of the molecule is CCCC(C)CCC(=C(C)C)C(C)CC. The zero-order valence-electron chi connectivity index (χ0n) is 11.7. The third kappa shape index (κ3) is 6.02. The van der Waals surface area contributed by atoms with Gasteiger partial charge in [0.1, 0.15) is 0 Å². The van der Waals surface area contributed by atoms with Gasteiger partial charge in [-0.1, -0.05) is 51.7 Å². The molecule has 0 aliphatic carbocycles. The summed E-state index contributed by atoms with van der Waals surface area (Å²) >= 11 is 0. The van der Waals surface area contributed by atoms with Gasteiger partial charge in [-0.2, -0.15) is 0 Å². The lowest BCUT2D eigenvalue weighted by Gasteiger charge is -2.18. The minimum atomic E-state index is 0.781. The van der Waals surface area contributed by atoms with Crippen molar-refractivity contribution in [2.75, 3.05) is 0 Å². The predicted molar refractivity (Wildman–Crippen MR) is 71.1 cm³/mol. The van der Waals surface area contributed by atoms with Gasteiger partial charge >= 0.3 is 0 Å². The van der Waals surface area contributed by atoms with E-state index in [1.54, 1.807) is 11.1 Å². The Bertz CT molecular complexity index is 184. The van der Waals surface area contributed by atoms with E-state index >= 15 is 0 Å². The van der Waals surface area contributed by atoms with Crippen LogP contribution in [0.2, 0.25) is 0 Å². The maximum Gasteiger partial charge on any atom is -0.0232 e. The van der Waals surface area contributed by atoms with Crippen LogP contribution in [-0.2, 0) is 0 Å². The van der Waals surface area contributed by atoms with E-state index in [-0.39, 0.29) is 0 Å². The van der Waals surface area contributed by atoms with Crippen molar-refractivity contribution in [3.63, 3.8) is 0 Å². The molecule has 0 aliphatic rings. The highest BCUT2D eigenvalue weighted by Crippen LogP contribution is 2.26. The maximum absolute atomic E-state index is 2.39. The Morgan fingerprint density at radius 2 is 1.60 bits per heavy atom. The van der Waals surface area contributed by atoms with E-state index in [4.69, 9.17) is 0 Å². The molecule has 0 aromatic heterocycles. The van der Waals surface area contributed by atoms with Crippen LogP contribution in [0.3, 0.4) is 0 Å². The molecule has 15 heavy (non-hydrogen) atoms. The summed E-state index contributed by atoms with van der Waals surface area (Å²) in [5.74, 6) is 1.68. The molecule has 0 saturated carbocycles. The van der Waals surface area contributed by atoms with Crippen molar-refractivity contribution >= 4 is 0 Å². The summed E-state index contributed by atoms with van der Waals surface area (Å²) in [6.45, 7) is 13.9. The fraction of sp³-hybridized carbons (Fsp3) is 0.867. The van der Waals surface area contributed by atoms with Gasteiger partial charge in [-0.3, -0.25) is 0 Å². The summed E-state index contributed by atoms with van der Waals surface area (Å²) in [6, 6.07) is 0. The molecule has 90 valence electrons. The van der Waals surface area contributed by atoms with Gasteiger partial charge in [0.15, 0.2) is 0 Å². The molecule has 2 atom stereocenters. The number of hydrogen-bond acceptors (Lipinski definition) is 0. The molecule has 2 unspecified atom stereocenters. The fourth-order valence-electron chi connectivity index (χ4n) is 2.27. The van der Waals surface area contributed by atoms with Gasteiger partial charge in [0.05, 0.1) is 0 Å². The highest BCUT2D eigenvalue weighted by molar-refractivity contribution is 5.12. The average molecular weight is 210 g/mol. The largest absolute Gasteiger partial charge is 0.0770 e. The molecule has 0 radical (unpaired) electrons. The first-order valence-electron chi connectivity index (χ1n) is 6.69. The topological polar surface area (TPSA) is 0 Å². The third-order valence-electron chi connectivity index (χ3n) is 3.54. The second kappa shape index (κ2) is 7.96. The van der Waals surface area contributed by atoms with E-state index in [9.17, 15) is 0 Å². The Morgan fingerprint density at radius 1 is 1.00 bits per heavy atom. The quantitative estimate of drug-likeness (QED) is 0.481. The lowest BCUT2D eigenvalue weighted by Crippen LogP contribution is -2.03. The first-order chi connectivity index (χ1) is 7.02. The Balaban J connectivity index is 4.15. The molecule has 0 spiro atoms. The van der Waals surface area contributed by atoms with Crippen molar-refractivity contribution < 1.29 is 0 Å². The van der Waals surface area contributed by atoms with E-state index in [1.165, 1.54) is 32.1 Å². The summed E-state index contributed by atoms with van der Waals surface area (Å²) in [4.78, 5) is 0. The lowest BCUT2D eigenvalue weighted by molar-refractivity contribution is 0.468. The zero-order valence-corrected chi connectivity index (χ0v) is 11.7. The molecule has 0 N–H and O–H groups in total. The smallest absolute Gasteiger partial charge is 0.0232 e. The first-order valence-corrected chi connectivity index (χ1v) is 6.69. The Labute approximate surface area is 97.2 Å². The number of rotatable bonds is 7. The highest BCUT2D eigenvalue weighted by Gasteiger charge is 2.10. The fourth-order valence-corrected chi connectivity index (χ4v) is 2.27. The second-order valence-electron chi connectivity index (χ2n) is 5.27. The molecule has 0 rings (SSSR count). The predicted octanol–water partition coefficient (Wildman–Crippen LogP) is 5.59. The standard InChI is InChI=1S/C15H30/c1-7-9-13(5)10-11-15(12(3)4)14(6)8-2/h13-14H,7-11H2,1-6H3. The molecule has 0 nitrogen and oxygen atoms in total. The summed E-state index contributed by atoms with van der Waals surface area (Å²) in [6.07, 6.45) is 6.69. The van der Waals surface area contributed by atoms with Gasteiger partial charge in [-0.15, -0.1) is 0 Å². The van der Waals surface area contributed by atoms with Crippen molar-refractivity contribution in [3.05, 3.63) is 11.1 Å². The number of hydrogen-bond donors (Lipinski definition) is 0. The van der Waals surface area contributed by atoms with Crippen LogP contribution in [0.25, 0.3) is 0 Å². The molecule has 0 amide bonds. The van der Waals surface area contributed by atoms with Crippen molar-refractivity contribution in [2.24, 2.45) is 11.8 Å². The third-order valence-corrected chi connectivity index (χ3v) is 3.54. The normalized spacial score (nSPS) is 14.8. The van der Waals surface area contributed by atoms with Crippen LogP contribution in [0, 0.1) is 11.8 Å². The summed E-state index contributed by atoms with van der Waals surface area (Å²) in [5.41, 5.74) is 3.26. The zero-order chi connectivity index (χ0) is 11.8. The molecule has 0 bridgehead atoms. The monoisotopic (exact) mass is 210 g/mol. The van der Waals surface area contributed by atoms with Crippen LogP contribution in [0.5, 0.6) is 0 Å². The molecule has 0 aromatic carbocycles. The van der Waals surface area contributed by atoms with Gasteiger partial charge in [-0.05, 0) is 44.9 Å². The molecule has 0 heterocycles. The van der Waals surface area contributed by atoms with Crippen LogP contribution in [-0.4, -0.2) is 0 Å². The average Bonchev–Trinajstić information content (AvgIpc) is 2.17. The highest BCUT2D eigenvalue weighted by atomic mass is 14.2. The molecule has 0 aromatic rings. The first kappa shape index (κ1) is 14.7. The van der Waals surface area contributed by atoms with Gasteiger partial charge in [0.2, 0.25) is 0 Å². The minimum Gasteiger partial charge on any atom is -0.0770 e.